The lowest BCUT2D eigenvalue weighted by atomic mass is 9.77. The van der Waals surface area contributed by atoms with E-state index in [0.717, 1.165) is 5.69 Å². The third kappa shape index (κ3) is 1.89. The van der Waals surface area contributed by atoms with Gasteiger partial charge in [-0.15, -0.1) is 0 Å². The van der Waals surface area contributed by atoms with Gasteiger partial charge >= 0.3 is 5.97 Å². The van der Waals surface area contributed by atoms with E-state index in [0.29, 0.717) is 12.5 Å². The van der Waals surface area contributed by atoms with Crippen molar-refractivity contribution in [3.63, 3.8) is 0 Å². The maximum atomic E-state index is 12.9. The number of fused-ring (bicyclic) bond motifs is 1. The highest BCUT2D eigenvalue weighted by Gasteiger charge is 2.67. The van der Waals surface area contributed by atoms with Crippen molar-refractivity contribution in [3.05, 3.63) is 42.0 Å². The lowest BCUT2D eigenvalue weighted by Gasteiger charge is -2.21. The Morgan fingerprint density at radius 1 is 1.35 bits per heavy atom. The number of carboxylic acids is 1. The molecule has 0 aromatic heterocycles. The Bertz CT molecular complexity index is 708. The minimum absolute atomic E-state index is 0.151. The molecule has 0 radical (unpaired) electrons. The van der Waals surface area contributed by atoms with E-state index in [1.165, 1.54) is 5.56 Å². The third-order valence-corrected chi connectivity index (χ3v) is 5.26. The fourth-order valence-electron chi connectivity index (χ4n) is 4.04. The van der Waals surface area contributed by atoms with Crippen LogP contribution in [-0.4, -0.2) is 35.2 Å². The summed E-state index contributed by atoms with van der Waals surface area (Å²) in [6.07, 6.45) is 3.18. The number of carbonyl (C=O) groups excluding carboxylic acids is 1. The van der Waals surface area contributed by atoms with Crippen LogP contribution in [0.1, 0.15) is 25.3 Å². The van der Waals surface area contributed by atoms with E-state index in [-0.39, 0.29) is 5.91 Å². The van der Waals surface area contributed by atoms with Gasteiger partial charge in [0, 0.05) is 5.69 Å². The number of carbonyl (C=O) groups is 2. The smallest absolute Gasteiger partial charge is 0.310 e. The van der Waals surface area contributed by atoms with Gasteiger partial charge < -0.3 is 14.7 Å². The molecule has 1 aromatic rings. The van der Waals surface area contributed by atoms with Gasteiger partial charge in [0.25, 0.3) is 0 Å². The van der Waals surface area contributed by atoms with Crippen LogP contribution in [0, 0.1) is 11.8 Å². The SMILES string of the molecule is CC(C)c1ccc(N2C[C@@]34C=C[C@H](O3)[C@@H](C(=O)O)[C@@H]4C2=O)cc1. The number of amides is 1. The fraction of sp³-hybridized carbons (Fsp3) is 0.444. The van der Waals surface area contributed by atoms with Crippen LogP contribution in [0.4, 0.5) is 5.69 Å². The largest absolute Gasteiger partial charge is 0.481 e. The van der Waals surface area contributed by atoms with Crippen LogP contribution < -0.4 is 4.90 Å². The van der Waals surface area contributed by atoms with Crippen molar-refractivity contribution in [2.24, 2.45) is 11.8 Å². The first-order valence-corrected chi connectivity index (χ1v) is 7.94. The van der Waals surface area contributed by atoms with E-state index in [9.17, 15) is 14.7 Å². The van der Waals surface area contributed by atoms with E-state index in [1.807, 2.05) is 30.3 Å². The van der Waals surface area contributed by atoms with Crippen LogP contribution in [0.2, 0.25) is 0 Å². The van der Waals surface area contributed by atoms with Crippen molar-refractivity contribution in [2.75, 3.05) is 11.4 Å². The Morgan fingerprint density at radius 2 is 2.04 bits per heavy atom. The predicted octanol–water partition coefficient (Wildman–Crippen LogP) is 2.18. The van der Waals surface area contributed by atoms with Gasteiger partial charge in [0.15, 0.2) is 0 Å². The summed E-state index contributed by atoms with van der Waals surface area (Å²) in [6, 6.07) is 7.89. The number of nitrogens with zero attached hydrogens (tertiary/aromatic N) is 1. The second-order valence-corrected chi connectivity index (χ2v) is 6.91. The number of rotatable bonds is 3. The van der Waals surface area contributed by atoms with E-state index >= 15 is 0 Å². The van der Waals surface area contributed by atoms with Crippen molar-refractivity contribution < 1.29 is 19.4 Å². The Kier molecular flexibility index (Phi) is 2.94. The van der Waals surface area contributed by atoms with Crippen molar-refractivity contribution in [3.8, 4) is 0 Å². The summed E-state index contributed by atoms with van der Waals surface area (Å²) in [5, 5.41) is 9.47. The Labute approximate surface area is 134 Å². The molecule has 0 aliphatic carbocycles. The van der Waals surface area contributed by atoms with Gasteiger partial charge in [-0.05, 0) is 23.6 Å². The lowest BCUT2D eigenvalue weighted by molar-refractivity contribution is -0.146. The number of anilines is 1. The summed E-state index contributed by atoms with van der Waals surface area (Å²) in [7, 11) is 0. The third-order valence-electron chi connectivity index (χ3n) is 5.26. The first kappa shape index (κ1) is 14.5. The first-order chi connectivity index (χ1) is 10.9. The van der Waals surface area contributed by atoms with E-state index in [4.69, 9.17) is 4.74 Å². The van der Waals surface area contributed by atoms with Crippen molar-refractivity contribution in [1.29, 1.82) is 0 Å². The Morgan fingerprint density at radius 3 is 2.65 bits per heavy atom. The molecule has 120 valence electrons. The summed E-state index contributed by atoms with van der Waals surface area (Å²) in [5.41, 5.74) is 1.23. The van der Waals surface area contributed by atoms with Crippen molar-refractivity contribution in [1.82, 2.24) is 0 Å². The highest BCUT2D eigenvalue weighted by atomic mass is 16.5. The average molecular weight is 313 g/mol. The molecule has 4 rings (SSSR count). The molecule has 1 N–H and O–H groups in total. The van der Waals surface area contributed by atoms with Gasteiger partial charge in [0.1, 0.15) is 11.5 Å². The molecular weight excluding hydrogens is 294 g/mol. The van der Waals surface area contributed by atoms with Crippen molar-refractivity contribution >= 4 is 17.6 Å². The zero-order valence-corrected chi connectivity index (χ0v) is 13.1. The number of hydrogen-bond donors (Lipinski definition) is 1. The monoisotopic (exact) mass is 313 g/mol. The molecule has 23 heavy (non-hydrogen) atoms. The molecule has 1 amide bonds. The minimum atomic E-state index is -0.961. The maximum absolute atomic E-state index is 12.9. The Balaban J connectivity index is 1.67. The van der Waals surface area contributed by atoms with Gasteiger partial charge in [0.05, 0.1) is 18.6 Å². The summed E-state index contributed by atoms with van der Waals surface area (Å²) < 4.78 is 5.89. The van der Waals surface area contributed by atoms with Gasteiger partial charge in [-0.25, -0.2) is 0 Å². The quantitative estimate of drug-likeness (QED) is 0.869. The zero-order valence-electron chi connectivity index (χ0n) is 13.1. The summed E-state index contributed by atoms with van der Waals surface area (Å²) in [6.45, 7) is 4.62. The number of ether oxygens (including phenoxy) is 1. The highest BCUT2D eigenvalue weighted by molar-refractivity contribution is 6.02. The molecule has 0 unspecified atom stereocenters. The lowest BCUT2D eigenvalue weighted by Crippen LogP contribution is -2.39. The van der Waals surface area contributed by atoms with Gasteiger partial charge in [-0.2, -0.15) is 0 Å². The topological polar surface area (TPSA) is 66.8 Å². The van der Waals surface area contributed by atoms with Crippen LogP contribution >= 0.6 is 0 Å². The first-order valence-electron chi connectivity index (χ1n) is 7.94. The minimum Gasteiger partial charge on any atom is -0.481 e. The average Bonchev–Trinajstić information content (AvgIpc) is 3.15. The van der Waals surface area contributed by atoms with Crippen LogP contribution in [0.3, 0.4) is 0 Å². The zero-order chi connectivity index (χ0) is 16.4. The number of carboxylic acid groups (broad SMARTS) is 1. The predicted molar refractivity (Wildman–Crippen MR) is 84.2 cm³/mol. The van der Waals surface area contributed by atoms with Crippen LogP contribution in [0.25, 0.3) is 0 Å². The maximum Gasteiger partial charge on any atom is 0.310 e. The normalized spacial score (nSPS) is 34.5. The Hall–Kier alpha value is -2.14. The molecule has 5 nitrogen and oxygen atoms in total. The molecule has 3 heterocycles. The summed E-state index contributed by atoms with van der Waals surface area (Å²) in [4.78, 5) is 26.1. The molecule has 0 saturated carbocycles. The summed E-state index contributed by atoms with van der Waals surface area (Å²) in [5.74, 6) is -2.10. The molecule has 4 atom stereocenters. The molecule has 3 aliphatic rings. The van der Waals surface area contributed by atoms with Crippen LogP contribution in [0.5, 0.6) is 0 Å². The van der Waals surface area contributed by atoms with E-state index in [1.54, 1.807) is 11.0 Å². The van der Waals surface area contributed by atoms with Crippen LogP contribution in [0.15, 0.2) is 36.4 Å². The molecule has 2 bridgehead atoms. The molecule has 2 fully saturated rings. The van der Waals surface area contributed by atoms with Crippen molar-refractivity contribution in [2.45, 2.75) is 31.5 Å². The second kappa shape index (κ2) is 4.68. The molecule has 1 aromatic carbocycles. The van der Waals surface area contributed by atoms with Gasteiger partial charge in [-0.1, -0.05) is 38.1 Å². The number of benzene rings is 1. The summed E-state index contributed by atoms with van der Waals surface area (Å²) >= 11 is 0. The molecule has 5 heteroatoms. The van der Waals surface area contributed by atoms with E-state index in [2.05, 4.69) is 13.8 Å². The van der Waals surface area contributed by atoms with Crippen LogP contribution in [-0.2, 0) is 14.3 Å². The molecular formula is C18H19NO4. The standard InChI is InChI=1S/C18H19NO4/c1-10(2)11-3-5-12(6-4-11)19-9-18-8-7-13(23-18)14(17(21)22)15(18)16(19)20/h3-8,10,13-15H,9H2,1-2H3,(H,21,22)/t13-,14+,15+,18+/m0/s1. The number of hydrogen-bond acceptors (Lipinski definition) is 3. The van der Waals surface area contributed by atoms with Gasteiger partial charge in [0.2, 0.25) is 5.91 Å². The molecule has 2 saturated heterocycles. The highest BCUT2D eigenvalue weighted by Crippen LogP contribution is 2.52. The second-order valence-electron chi connectivity index (χ2n) is 6.91. The molecule has 1 spiro atoms. The number of aliphatic carboxylic acids is 1. The van der Waals surface area contributed by atoms with Gasteiger partial charge in [-0.3, -0.25) is 9.59 Å². The fourth-order valence-corrected chi connectivity index (χ4v) is 4.04. The molecule has 3 aliphatic heterocycles. The van der Waals surface area contributed by atoms with E-state index < -0.39 is 29.5 Å².